The summed E-state index contributed by atoms with van der Waals surface area (Å²) in [5.74, 6) is 0.954. The van der Waals surface area contributed by atoms with Crippen LogP contribution in [-0.2, 0) is 17.8 Å². The molecule has 5 rings (SSSR count). The van der Waals surface area contributed by atoms with Crippen LogP contribution in [0.15, 0.2) is 36.5 Å². The van der Waals surface area contributed by atoms with Crippen molar-refractivity contribution in [1.29, 1.82) is 0 Å². The van der Waals surface area contributed by atoms with Gasteiger partial charge in [-0.15, -0.1) is 10.2 Å². The van der Waals surface area contributed by atoms with Gasteiger partial charge >= 0.3 is 6.09 Å². The summed E-state index contributed by atoms with van der Waals surface area (Å²) in [4.78, 5) is 18.7. The molecular formula is C26H29F2N5O2. The standard InChI is InChI=1S/C26H29F2N5O2/c1-26(2,3)35-25(34)32-14-18-13-19(27)10-11-21(18)33-22(15-32)30-31-24(33)17-8-6-16(7-9-17)23-20(28)5-4-12-29-23/h4-5,10-13,16-17H,6-9,14-15H2,1-3H3. The smallest absolute Gasteiger partial charge is 0.411 e. The van der Waals surface area contributed by atoms with Crippen molar-refractivity contribution in [3.63, 3.8) is 0 Å². The summed E-state index contributed by atoms with van der Waals surface area (Å²) in [5, 5.41) is 8.95. The monoisotopic (exact) mass is 481 g/mol. The minimum Gasteiger partial charge on any atom is -0.444 e. The van der Waals surface area contributed by atoms with E-state index >= 15 is 0 Å². The van der Waals surface area contributed by atoms with E-state index in [2.05, 4.69) is 15.2 Å². The molecule has 0 N–H and O–H groups in total. The second-order valence-corrected chi connectivity index (χ2v) is 10.3. The molecule has 1 aromatic carbocycles. The lowest BCUT2D eigenvalue weighted by molar-refractivity contribution is 0.0214. The van der Waals surface area contributed by atoms with Gasteiger partial charge in [-0.2, -0.15) is 0 Å². The van der Waals surface area contributed by atoms with Crippen molar-refractivity contribution in [2.45, 2.75) is 77.0 Å². The number of amides is 1. The fourth-order valence-corrected chi connectivity index (χ4v) is 5.07. The molecule has 0 radical (unpaired) electrons. The van der Waals surface area contributed by atoms with Crippen LogP contribution in [0.5, 0.6) is 0 Å². The molecule has 2 aliphatic rings. The van der Waals surface area contributed by atoms with Gasteiger partial charge in [-0.05, 0) is 82.3 Å². The van der Waals surface area contributed by atoms with E-state index in [0.29, 0.717) is 17.1 Å². The Labute approximate surface area is 203 Å². The highest BCUT2D eigenvalue weighted by atomic mass is 19.1. The Morgan fingerprint density at radius 1 is 1.03 bits per heavy atom. The highest BCUT2D eigenvalue weighted by molar-refractivity contribution is 5.68. The Morgan fingerprint density at radius 2 is 1.77 bits per heavy atom. The zero-order valence-corrected chi connectivity index (χ0v) is 20.2. The Hall–Kier alpha value is -3.36. The van der Waals surface area contributed by atoms with Crippen molar-refractivity contribution >= 4 is 6.09 Å². The van der Waals surface area contributed by atoms with Crippen molar-refractivity contribution in [3.05, 3.63) is 71.1 Å². The van der Waals surface area contributed by atoms with Crippen molar-refractivity contribution in [2.24, 2.45) is 0 Å². The third kappa shape index (κ3) is 4.76. The van der Waals surface area contributed by atoms with Gasteiger partial charge in [-0.1, -0.05) is 0 Å². The zero-order chi connectivity index (χ0) is 24.7. The van der Waals surface area contributed by atoms with E-state index in [4.69, 9.17) is 4.74 Å². The number of pyridine rings is 1. The largest absolute Gasteiger partial charge is 0.444 e. The first-order chi connectivity index (χ1) is 16.7. The van der Waals surface area contributed by atoms with Crippen LogP contribution in [0.25, 0.3) is 5.69 Å². The maximum atomic E-state index is 14.3. The third-order valence-corrected chi connectivity index (χ3v) is 6.65. The molecule has 35 heavy (non-hydrogen) atoms. The van der Waals surface area contributed by atoms with Crippen LogP contribution in [0.3, 0.4) is 0 Å². The average Bonchev–Trinajstić information content (AvgIpc) is 3.14. The molecule has 1 aliphatic heterocycles. The van der Waals surface area contributed by atoms with Gasteiger partial charge in [0.25, 0.3) is 0 Å². The molecular weight excluding hydrogens is 452 g/mol. The molecule has 0 bridgehead atoms. The van der Waals surface area contributed by atoms with Gasteiger partial charge < -0.3 is 4.74 Å². The number of rotatable bonds is 2. The van der Waals surface area contributed by atoms with E-state index < -0.39 is 11.7 Å². The van der Waals surface area contributed by atoms with Gasteiger partial charge in [0.1, 0.15) is 23.1 Å². The summed E-state index contributed by atoms with van der Waals surface area (Å²) in [5.41, 5.74) is 1.31. The molecule has 7 nitrogen and oxygen atoms in total. The van der Waals surface area contributed by atoms with E-state index in [1.54, 1.807) is 18.3 Å². The minimum atomic E-state index is -0.654. The molecule has 0 spiro atoms. The van der Waals surface area contributed by atoms with E-state index in [1.807, 2.05) is 25.3 Å². The van der Waals surface area contributed by atoms with E-state index in [0.717, 1.165) is 37.2 Å². The molecule has 1 fully saturated rings. The van der Waals surface area contributed by atoms with Crippen LogP contribution in [0.2, 0.25) is 0 Å². The second-order valence-electron chi connectivity index (χ2n) is 10.3. The Balaban J connectivity index is 1.44. The van der Waals surface area contributed by atoms with Gasteiger partial charge in [0.05, 0.1) is 24.5 Å². The first kappa shape index (κ1) is 23.4. The number of hydrogen-bond acceptors (Lipinski definition) is 5. The van der Waals surface area contributed by atoms with E-state index in [-0.39, 0.29) is 36.6 Å². The first-order valence-electron chi connectivity index (χ1n) is 12.0. The fourth-order valence-electron chi connectivity index (χ4n) is 5.07. The number of fused-ring (bicyclic) bond motifs is 3. The predicted molar refractivity (Wildman–Crippen MR) is 125 cm³/mol. The lowest BCUT2D eigenvalue weighted by Crippen LogP contribution is -2.35. The quantitative estimate of drug-likeness (QED) is 0.474. The number of carbonyl (C=O) groups excluding carboxylic acids is 1. The number of benzene rings is 1. The summed E-state index contributed by atoms with van der Waals surface area (Å²) in [6.45, 7) is 5.83. The summed E-state index contributed by atoms with van der Waals surface area (Å²) >= 11 is 0. The number of hydrogen-bond donors (Lipinski definition) is 0. The summed E-state index contributed by atoms with van der Waals surface area (Å²) < 4.78 is 36.0. The Morgan fingerprint density at radius 3 is 2.49 bits per heavy atom. The van der Waals surface area contributed by atoms with Crippen molar-refractivity contribution in [3.8, 4) is 5.69 Å². The van der Waals surface area contributed by atoms with Crippen LogP contribution in [0, 0.1) is 11.6 Å². The molecule has 1 amide bonds. The molecule has 0 atom stereocenters. The average molecular weight is 482 g/mol. The molecule has 184 valence electrons. The van der Waals surface area contributed by atoms with Gasteiger partial charge in [0.2, 0.25) is 0 Å². The van der Waals surface area contributed by atoms with Gasteiger partial charge in [0.15, 0.2) is 5.82 Å². The maximum Gasteiger partial charge on any atom is 0.411 e. The molecule has 1 aliphatic carbocycles. The minimum absolute atomic E-state index is 0.0722. The zero-order valence-electron chi connectivity index (χ0n) is 20.2. The molecule has 2 aromatic heterocycles. The van der Waals surface area contributed by atoms with Crippen LogP contribution in [0.1, 0.15) is 81.2 Å². The number of carbonyl (C=O) groups is 1. The van der Waals surface area contributed by atoms with Gasteiger partial charge in [-0.25, -0.2) is 13.6 Å². The van der Waals surface area contributed by atoms with Gasteiger partial charge in [0, 0.05) is 18.0 Å². The Kier molecular flexibility index (Phi) is 6.02. The third-order valence-electron chi connectivity index (χ3n) is 6.65. The molecule has 3 aromatic rings. The molecule has 1 saturated carbocycles. The topological polar surface area (TPSA) is 73.1 Å². The van der Waals surface area contributed by atoms with Crippen LogP contribution in [-0.4, -0.2) is 36.3 Å². The number of nitrogens with zero attached hydrogens (tertiary/aromatic N) is 5. The normalized spacial score (nSPS) is 20.1. The maximum absolute atomic E-state index is 14.3. The SMILES string of the molecule is CC(C)(C)OC(=O)N1Cc2cc(F)ccc2-n2c(nnc2C2CCC(c3ncccc3F)CC2)C1. The highest BCUT2D eigenvalue weighted by Crippen LogP contribution is 2.41. The molecule has 0 saturated heterocycles. The first-order valence-corrected chi connectivity index (χ1v) is 12.0. The van der Waals surface area contributed by atoms with Crippen LogP contribution >= 0.6 is 0 Å². The summed E-state index contributed by atoms with van der Waals surface area (Å²) in [7, 11) is 0. The number of halogens is 2. The Bertz CT molecular complexity index is 1240. The second kappa shape index (κ2) is 9.02. The number of ether oxygens (including phenoxy) is 1. The van der Waals surface area contributed by atoms with Crippen molar-refractivity contribution in [1.82, 2.24) is 24.6 Å². The highest BCUT2D eigenvalue weighted by Gasteiger charge is 2.34. The van der Waals surface area contributed by atoms with Crippen LogP contribution in [0.4, 0.5) is 13.6 Å². The molecule has 9 heteroatoms. The molecule has 0 unspecified atom stereocenters. The van der Waals surface area contributed by atoms with Crippen molar-refractivity contribution in [2.75, 3.05) is 0 Å². The van der Waals surface area contributed by atoms with E-state index in [9.17, 15) is 13.6 Å². The number of aromatic nitrogens is 4. The lowest BCUT2D eigenvalue weighted by Gasteiger charge is -2.28. The summed E-state index contributed by atoms with van der Waals surface area (Å²) in [6.07, 6.45) is 4.36. The van der Waals surface area contributed by atoms with Gasteiger partial charge in [-0.3, -0.25) is 14.5 Å². The predicted octanol–water partition coefficient (Wildman–Crippen LogP) is 5.63. The van der Waals surface area contributed by atoms with Crippen molar-refractivity contribution < 1.29 is 18.3 Å². The van der Waals surface area contributed by atoms with Crippen LogP contribution < -0.4 is 0 Å². The molecule has 3 heterocycles. The lowest BCUT2D eigenvalue weighted by atomic mass is 9.79. The fraction of sp³-hybridized carbons (Fsp3) is 0.462. The summed E-state index contributed by atoms with van der Waals surface area (Å²) in [6, 6.07) is 7.65. The van der Waals surface area contributed by atoms with E-state index in [1.165, 1.54) is 23.1 Å².